The zero-order chi connectivity index (χ0) is 10.7. The number of halogens is 1. The second-order valence-electron chi connectivity index (χ2n) is 3.35. The van der Waals surface area contributed by atoms with Crippen molar-refractivity contribution in [2.75, 3.05) is 0 Å². The fourth-order valence-corrected chi connectivity index (χ4v) is 1.48. The molecule has 0 amide bonds. The van der Waals surface area contributed by atoms with Gasteiger partial charge >= 0.3 is 0 Å². The van der Waals surface area contributed by atoms with E-state index in [4.69, 9.17) is 0 Å². The van der Waals surface area contributed by atoms with E-state index >= 15 is 0 Å². The first kappa shape index (κ1) is 9.83. The Kier molecular flexibility index (Phi) is 2.76. The minimum atomic E-state index is -0.236. The van der Waals surface area contributed by atoms with Gasteiger partial charge in [0, 0.05) is 12.1 Å². The number of rotatable bonds is 3. The van der Waals surface area contributed by atoms with Gasteiger partial charge in [-0.2, -0.15) is 0 Å². The van der Waals surface area contributed by atoms with Crippen molar-refractivity contribution < 1.29 is 4.39 Å². The lowest BCUT2D eigenvalue weighted by Crippen LogP contribution is -1.98. The summed E-state index contributed by atoms with van der Waals surface area (Å²) < 4.78 is 14.7. The van der Waals surface area contributed by atoms with Crippen molar-refractivity contribution in [3.63, 3.8) is 0 Å². The number of aryl methyl sites for hydroxylation is 1. The number of aromatic nitrogens is 3. The standard InChI is InChI=1S/C11H12FN3/c1-2-7-15-8-13-14-11(15)9-3-5-10(12)6-4-9/h3-6,8H,2,7H2,1H3. The van der Waals surface area contributed by atoms with Crippen LogP contribution in [-0.4, -0.2) is 14.8 Å². The molecule has 2 aromatic rings. The fraction of sp³-hybridized carbons (Fsp3) is 0.273. The van der Waals surface area contributed by atoms with Gasteiger partial charge < -0.3 is 4.57 Å². The van der Waals surface area contributed by atoms with Crippen LogP contribution >= 0.6 is 0 Å². The van der Waals surface area contributed by atoms with E-state index in [2.05, 4.69) is 17.1 Å². The lowest BCUT2D eigenvalue weighted by Gasteiger charge is -2.04. The molecule has 1 aromatic carbocycles. The van der Waals surface area contributed by atoms with Crippen LogP contribution in [0.1, 0.15) is 13.3 Å². The molecule has 0 bridgehead atoms. The zero-order valence-corrected chi connectivity index (χ0v) is 8.52. The third-order valence-electron chi connectivity index (χ3n) is 2.18. The van der Waals surface area contributed by atoms with Crippen LogP contribution in [0.3, 0.4) is 0 Å². The van der Waals surface area contributed by atoms with Crippen LogP contribution in [0, 0.1) is 5.82 Å². The molecule has 4 heteroatoms. The molecule has 0 spiro atoms. The second kappa shape index (κ2) is 4.21. The number of hydrogen-bond acceptors (Lipinski definition) is 2. The molecular weight excluding hydrogens is 193 g/mol. The Morgan fingerprint density at radius 1 is 1.27 bits per heavy atom. The molecule has 0 aliphatic heterocycles. The molecule has 15 heavy (non-hydrogen) atoms. The summed E-state index contributed by atoms with van der Waals surface area (Å²) in [6.07, 6.45) is 2.72. The summed E-state index contributed by atoms with van der Waals surface area (Å²) in [5.41, 5.74) is 0.891. The molecule has 0 saturated heterocycles. The van der Waals surface area contributed by atoms with Crippen LogP contribution in [0.25, 0.3) is 11.4 Å². The van der Waals surface area contributed by atoms with Crippen molar-refractivity contribution in [1.82, 2.24) is 14.8 Å². The Bertz CT molecular complexity index is 433. The van der Waals surface area contributed by atoms with Gasteiger partial charge in [-0.1, -0.05) is 6.92 Å². The highest BCUT2D eigenvalue weighted by molar-refractivity contribution is 5.54. The molecular formula is C11H12FN3. The fourth-order valence-electron chi connectivity index (χ4n) is 1.48. The Labute approximate surface area is 87.6 Å². The van der Waals surface area contributed by atoms with Crippen molar-refractivity contribution in [3.8, 4) is 11.4 Å². The number of benzene rings is 1. The summed E-state index contributed by atoms with van der Waals surface area (Å²) in [5, 5.41) is 7.88. The average Bonchev–Trinajstić information content (AvgIpc) is 2.68. The van der Waals surface area contributed by atoms with Crippen LogP contribution in [-0.2, 0) is 6.54 Å². The molecule has 1 aromatic heterocycles. The molecule has 0 aliphatic rings. The van der Waals surface area contributed by atoms with Crippen LogP contribution in [0.2, 0.25) is 0 Å². The van der Waals surface area contributed by atoms with Gasteiger partial charge in [0.1, 0.15) is 12.1 Å². The monoisotopic (exact) mass is 205 g/mol. The molecule has 0 atom stereocenters. The summed E-state index contributed by atoms with van der Waals surface area (Å²) in [4.78, 5) is 0. The lowest BCUT2D eigenvalue weighted by atomic mass is 10.2. The highest BCUT2D eigenvalue weighted by Crippen LogP contribution is 2.16. The minimum Gasteiger partial charge on any atom is -0.314 e. The zero-order valence-electron chi connectivity index (χ0n) is 8.52. The molecule has 0 saturated carbocycles. The topological polar surface area (TPSA) is 30.7 Å². The van der Waals surface area contributed by atoms with E-state index in [1.54, 1.807) is 18.5 Å². The van der Waals surface area contributed by atoms with Gasteiger partial charge in [-0.3, -0.25) is 0 Å². The van der Waals surface area contributed by atoms with Crippen LogP contribution in [0.15, 0.2) is 30.6 Å². The highest BCUT2D eigenvalue weighted by atomic mass is 19.1. The summed E-state index contributed by atoms with van der Waals surface area (Å²) in [6.45, 7) is 2.97. The maximum Gasteiger partial charge on any atom is 0.163 e. The van der Waals surface area contributed by atoms with Gasteiger partial charge in [-0.25, -0.2) is 4.39 Å². The molecule has 2 rings (SSSR count). The Balaban J connectivity index is 2.36. The van der Waals surface area contributed by atoms with E-state index in [0.29, 0.717) is 0 Å². The summed E-state index contributed by atoms with van der Waals surface area (Å²) in [7, 11) is 0. The predicted molar refractivity (Wildman–Crippen MR) is 55.7 cm³/mol. The van der Waals surface area contributed by atoms with Gasteiger partial charge in [0.2, 0.25) is 0 Å². The first-order valence-corrected chi connectivity index (χ1v) is 4.95. The van der Waals surface area contributed by atoms with Gasteiger partial charge in [0.25, 0.3) is 0 Å². The van der Waals surface area contributed by atoms with Crippen molar-refractivity contribution >= 4 is 0 Å². The third-order valence-corrected chi connectivity index (χ3v) is 2.18. The second-order valence-corrected chi connectivity index (χ2v) is 3.35. The van der Waals surface area contributed by atoms with Crippen molar-refractivity contribution in [1.29, 1.82) is 0 Å². The molecule has 0 aliphatic carbocycles. The minimum absolute atomic E-state index is 0.236. The van der Waals surface area contributed by atoms with Crippen LogP contribution in [0.4, 0.5) is 4.39 Å². The first-order valence-electron chi connectivity index (χ1n) is 4.95. The van der Waals surface area contributed by atoms with Crippen molar-refractivity contribution in [2.24, 2.45) is 0 Å². The maximum absolute atomic E-state index is 12.7. The predicted octanol–water partition coefficient (Wildman–Crippen LogP) is 2.49. The van der Waals surface area contributed by atoms with Gasteiger partial charge in [-0.05, 0) is 30.7 Å². The van der Waals surface area contributed by atoms with E-state index in [-0.39, 0.29) is 5.82 Å². The maximum atomic E-state index is 12.7. The van der Waals surface area contributed by atoms with Crippen molar-refractivity contribution in [3.05, 3.63) is 36.4 Å². The third kappa shape index (κ3) is 2.03. The van der Waals surface area contributed by atoms with E-state index < -0.39 is 0 Å². The molecule has 0 unspecified atom stereocenters. The van der Waals surface area contributed by atoms with Crippen LogP contribution < -0.4 is 0 Å². The first-order chi connectivity index (χ1) is 7.31. The SMILES string of the molecule is CCCn1cnnc1-c1ccc(F)cc1. The van der Waals surface area contributed by atoms with Crippen LogP contribution in [0.5, 0.6) is 0 Å². The lowest BCUT2D eigenvalue weighted by molar-refractivity contribution is 0.627. The van der Waals surface area contributed by atoms with Crippen molar-refractivity contribution in [2.45, 2.75) is 19.9 Å². The van der Waals surface area contributed by atoms with E-state index in [1.165, 1.54) is 12.1 Å². The van der Waals surface area contributed by atoms with E-state index in [9.17, 15) is 4.39 Å². The Hall–Kier alpha value is -1.71. The van der Waals surface area contributed by atoms with Gasteiger partial charge in [-0.15, -0.1) is 10.2 Å². The summed E-state index contributed by atoms with van der Waals surface area (Å²) in [6, 6.07) is 6.29. The van der Waals surface area contributed by atoms with Gasteiger partial charge in [0.15, 0.2) is 5.82 Å². The smallest absolute Gasteiger partial charge is 0.163 e. The molecule has 0 fully saturated rings. The Morgan fingerprint density at radius 2 is 2.00 bits per heavy atom. The van der Waals surface area contributed by atoms with E-state index in [0.717, 1.165) is 24.4 Å². The van der Waals surface area contributed by atoms with Gasteiger partial charge in [0.05, 0.1) is 0 Å². The number of nitrogens with zero attached hydrogens (tertiary/aromatic N) is 3. The molecule has 0 radical (unpaired) electrons. The summed E-state index contributed by atoms with van der Waals surface area (Å²) >= 11 is 0. The number of hydrogen-bond donors (Lipinski definition) is 0. The quantitative estimate of drug-likeness (QED) is 0.770. The highest BCUT2D eigenvalue weighted by Gasteiger charge is 2.05. The largest absolute Gasteiger partial charge is 0.314 e. The molecule has 0 N–H and O–H groups in total. The normalized spacial score (nSPS) is 10.5. The molecule has 78 valence electrons. The molecule has 1 heterocycles. The molecule has 3 nitrogen and oxygen atoms in total. The Morgan fingerprint density at radius 3 is 2.67 bits per heavy atom. The average molecular weight is 205 g/mol. The van der Waals surface area contributed by atoms with E-state index in [1.807, 2.05) is 4.57 Å². The summed E-state index contributed by atoms with van der Waals surface area (Å²) in [5.74, 6) is 0.553.